The monoisotopic (exact) mass is 149 g/mol. The number of ether oxygens (including phenoxy) is 2. The molecule has 1 aromatic carbocycles. The molecule has 0 N–H and O–H groups in total. The van der Waals surface area contributed by atoms with Crippen LogP contribution in [0.2, 0.25) is 0 Å². The van der Waals surface area contributed by atoms with Gasteiger partial charge >= 0.3 is 0 Å². The fourth-order valence-electron chi connectivity index (χ4n) is 1.06. The highest BCUT2D eigenvalue weighted by Gasteiger charge is 2.07. The second kappa shape index (κ2) is 2.82. The summed E-state index contributed by atoms with van der Waals surface area (Å²) in [5, 5.41) is 0. The Labute approximate surface area is 65.7 Å². The average molecular weight is 149 g/mol. The lowest BCUT2D eigenvalue weighted by Gasteiger charge is -2.04. The van der Waals surface area contributed by atoms with Crippen LogP contribution in [0, 0.1) is 6.07 Å². The maximum absolute atomic E-state index is 5.40. The highest BCUT2D eigenvalue weighted by atomic mass is 16.5. The molecule has 1 heterocycles. The van der Waals surface area contributed by atoms with Crippen LogP contribution in [0.1, 0.15) is 6.42 Å². The van der Waals surface area contributed by atoms with Gasteiger partial charge in [0.2, 0.25) is 0 Å². The molecule has 1 aliphatic rings. The summed E-state index contributed by atoms with van der Waals surface area (Å²) in [7, 11) is 0. The van der Waals surface area contributed by atoms with E-state index in [4.69, 9.17) is 9.47 Å². The van der Waals surface area contributed by atoms with Gasteiger partial charge in [-0.1, -0.05) is 6.07 Å². The maximum atomic E-state index is 5.40. The summed E-state index contributed by atoms with van der Waals surface area (Å²) in [5.41, 5.74) is 0. The molecule has 2 nitrogen and oxygen atoms in total. The molecule has 0 aromatic heterocycles. The van der Waals surface area contributed by atoms with E-state index in [2.05, 4.69) is 6.07 Å². The van der Waals surface area contributed by atoms with Crippen LogP contribution in [-0.4, -0.2) is 13.2 Å². The van der Waals surface area contributed by atoms with Crippen molar-refractivity contribution in [1.82, 2.24) is 0 Å². The van der Waals surface area contributed by atoms with E-state index in [1.165, 1.54) is 0 Å². The van der Waals surface area contributed by atoms with Gasteiger partial charge in [-0.05, 0) is 18.2 Å². The van der Waals surface area contributed by atoms with Gasteiger partial charge in [0, 0.05) is 6.42 Å². The number of hydrogen-bond donors (Lipinski definition) is 0. The third-order valence-corrected chi connectivity index (χ3v) is 1.59. The van der Waals surface area contributed by atoms with E-state index in [0.29, 0.717) is 0 Å². The third kappa shape index (κ3) is 1.29. The zero-order valence-electron chi connectivity index (χ0n) is 6.17. The summed E-state index contributed by atoms with van der Waals surface area (Å²) in [6, 6.07) is 8.45. The molecule has 0 amide bonds. The molecule has 0 atom stereocenters. The van der Waals surface area contributed by atoms with Gasteiger partial charge in [-0.3, -0.25) is 0 Å². The fourth-order valence-corrected chi connectivity index (χ4v) is 1.06. The highest BCUT2D eigenvalue weighted by molar-refractivity contribution is 5.39. The second-order valence-electron chi connectivity index (χ2n) is 2.42. The number of hydrogen-bond acceptors (Lipinski definition) is 2. The first-order valence-electron chi connectivity index (χ1n) is 3.72. The van der Waals surface area contributed by atoms with Gasteiger partial charge in [-0.15, -0.1) is 0 Å². The molecule has 0 spiro atoms. The summed E-state index contributed by atoms with van der Waals surface area (Å²) >= 11 is 0. The van der Waals surface area contributed by atoms with E-state index in [1.54, 1.807) is 6.07 Å². The van der Waals surface area contributed by atoms with Crippen molar-refractivity contribution < 1.29 is 9.47 Å². The van der Waals surface area contributed by atoms with Gasteiger partial charge in [0.05, 0.1) is 13.2 Å². The number of rotatable bonds is 0. The molecule has 0 saturated heterocycles. The van der Waals surface area contributed by atoms with Crippen molar-refractivity contribution in [2.45, 2.75) is 6.42 Å². The molecule has 0 fully saturated rings. The molecule has 11 heavy (non-hydrogen) atoms. The van der Waals surface area contributed by atoms with Crippen molar-refractivity contribution >= 4 is 0 Å². The Morgan fingerprint density at radius 3 is 2.91 bits per heavy atom. The Bertz CT molecular complexity index is 220. The first-order chi connectivity index (χ1) is 5.47. The van der Waals surface area contributed by atoms with Crippen LogP contribution < -0.4 is 9.47 Å². The van der Waals surface area contributed by atoms with Crippen LogP contribution in [0.15, 0.2) is 18.2 Å². The van der Waals surface area contributed by atoms with Crippen molar-refractivity contribution in [1.29, 1.82) is 0 Å². The van der Waals surface area contributed by atoms with Crippen LogP contribution in [0.25, 0.3) is 0 Å². The van der Waals surface area contributed by atoms with E-state index in [9.17, 15) is 0 Å². The van der Waals surface area contributed by atoms with E-state index in [0.717, 1.165) is 31.1 Å². The molecule has 0 unspecified atom stereocenters. The van der Waals surface area contributed by atoms with Crippen LogP contribution >= 0.6 is 0 Å². The van der Waals surface area contributed by atoms with Crippen molar-refractivity contribution in [3.8, 4) is 11.5 Å². The molecule has 1 radical (unpaired) electrons. The lowest BCUT2D eigenvalue weighted by molar-refractivity contribution is 0.297. The van der Waals surface area contributed by atoms with Crippen molar-refractivity contribution in [2.24, 2.45) is 0 Å². The molecular formula is C9H9O2. The van der Waals surface area contributed by atoms with E-state index >= 15 is 0 Å². The number of fused-ring (bicyclic) bond motifs is 1. The first kappa shape index (κ1) is 6.53. The van der Waals surface area contributed by atoms with Crippen molar-refractivity contribution in [2.75, 3.05) is 13.2 Å². The summed E-state index contributed by atoms with van der Waals surface area (Å²) < 4.78 is 10.8. The summed E-state index contributed by atoms with van der Waals surface area (Å²) in [6.45, 7) is 1.49. The largest absolute Gasteiger partial charge is 0.490 e. The Kier molecular flexibility index (Phi) is 1.68. The van der Waals surface area contributed by atoms with E-state index in [1.807, 2.05) is 12.1 Å². The molecule has 0 aliphatic carbocycles. The van der Waals surface area contributed by atoms with Gasteiger partial charge in [-0.2, -0.15) is 0 Å². The van der Waals surface area contributed by atoms with E-state index < -0.39 is 0 Å². The quantitative estimate of drug-likeness (QED) is 0.558. The van der Waals surface area contributed by atoms with Crippen LogP contribution in [0.3, 0.4) is 0 Å². The first-order valence-corrected chi connectivity index (χ1v) is 3.72. The van der Waals surface area contributed by atoms with Gasteiger partial charge in [0.15, 0.2) is 11.5 Å². The molecular weight excluding hydrogens is 140 g/mol. The summed E-state index contributed by atoms with van der Waals surface area (Å²) in [5.74, 6) is 1.64. The maximum Gasteiger partial charge on any atom is 0.161 e. The Balaban J connectivity index is 2.33. The fraction of sp³-hybridized carbons (Fsp3) is 0.333. The minimum atomic E-state index is 0.741. The highest BCUT2D eigenvalue weighted by Crippen LogP contribution is 2.27. The minimum absolute atomic E-state index is 0.741. The van der Waals surface area contributed by atoms with Crippen molar-refractivity contribution in [3.63, 3.8) is 0 Å². The predicted octanol–water partition coefficient (Wildman–Crippen LogP) is 1.65. The lowest BCUT2D eigenvalue weighted by atomic mass is 10.3. The van der Waals surface area contributed by atoms with Gasteiger partial charge < -0.3 is 9.47 Å². The van der Waals surface area contributed by atoms with Crippen LogP contribution in [0.4, 0.5) is 0 Å². The van der Waals surface area contributed by atoms with Crippen LogP contribution in [0.5, 0.6) is 11.5 Å². The van der Waals surface area contributed by atoms with Crippen molar-refractivity contribution in [3.05, 3.63) is 24.3 Å². The molecule has 0 saturated carbocycles. The Morgan fingerprint density at radius 2 is 2.00 bits per heavy atom. The zero-order valence-corrected chi connectivity index (χ0v) is 6.17. The predicted molar refractivity (Wildman–Crippen MR) is 40.9 cm³/mol. The Morgan fingerprint density at radius 1 is 1.18 bits per heavy atom. The summed E-state index contributed by atoms with van der Waals surface area (Å²) in [4.78, 5) is 0. The molecule has 1 aromatic rings. The van der Waals surface area contributed by atoms with E-state index in [-0.39, 0.29) is 0 Å². The van der Waals surface area contributed by atoms with Gasteiger partial charge in [-0.25, -0.2) is 0 Å². The average Bonchev–Trinajstić information content (AvgIpc) is 2.28. The zero-order chi connectivity index (χ0) is 7.52. The molecule has 2 heteroatoms. The Hall–Kier alpha value is -1.18. The van der Waals surface area contributed by atoms with Gasteiger partial charge in [0.1, 0.15) is 0 Å². The second-order valence-corrected chi connectivity index (χ2v) is 2.42. The third-order valence-electron chi connectivity index (χ3n) is 1.59. The molecule has 2 rings (SSSR count). The molecule has 1 aliphatic heterocycles. The normalized spacial score (nSPS) is 15.6. The molecule has 0 bridgehead atoms. The van der Waals surface area contributed by atoms with Gasteiger partial charge in [0.25, 0.3) is 0 Å². The lowest BCUT2D eigenvalue weighted by Crippen LogP contribution is -1.97. The number of benzene rings is 1. The standard InChI is InChI=1S/C9H9O2/c1-2-5-9-8(4-1)10-6-3-7-11-9/h1,4-5H,3,6-7H2. The minimum Gasteiger partial charge on any atom is -0.490 e. The van der Waals surface area contributed by atoms with Crippen LogP contribution in [-0.2, 0) is 0 Å². The smallest absolute Gasteiger partial charge is 0.161 e. The molecule has 57 valence electrons. The summed E-state index contributed by atoms with van der Waals surface area (Å²) in [6.07, 6.45) is 0.953. The topological polar surface area (TPSA) is 18.5 Å². The SMILES string of the molecule is [c]1ccc2c(c1)OCCCO2.